The molecule has 33 heavy (non-hydrogen) atoms. The minimum absolute atomic E-state index is 0.116. The lowest BCUT2D eigenvalue weighted by Crippen LogP contribution is -2.12. The minimum Gasteiger partial charge on any atom is -0.486 e. The van der Waals surface area contributed by atoms with Gasteiger partial charge in [-0.05, 0) is 72.4 Å². The summed E-state index contributed by atoms with van der Waals surface area (Å²) in [5.74, 6) is 0.673. The van der Waals surface area contributed by atoms with Gasteiger partial charge in [-0.25, -0.2) is 14.1 Å². The van der Waals surface area contributed by atoms with E-state index < -0.39 is 11.7 Å². The Kier molecular flexibility index (Phi) is 5.83. The third kappa shape index (κ3) is 4.90. The van der Waals surface area contributed by atoms with Crippen LogP contribution in [0.4, 0.5) is 10.3 Å². The monoisotopic (exact) mass is 466 g/mol. The number of aromatic nitrogens is 3. The van der Waals surface area contributed by atoms with E-state index in [-0.39, 0.29) is 24.9 Å². The van der Waals surface area contributed by atoms with Crippen LogP contribution in [0.1, 0.15) is 39.4 Å². The zero-order valence-corrected chi connectivity index (χ0v) is 18.3. The van der Waals surface area contributed by atoms with Crippen molar-refractivity contribution >= 4 is 23.5 Å². The largest absolute Gasteiger partial charge is 0.486 e. The summed E-state index contributed by atoms with van der Waals surface area (Å²) in [5, 5.41) is 7.09. The first-order valence-electron chi connectivity index (χ1n) is 10.5. The Morgan fingerprint density at radius 1 is 1.15 bits per heavy atom. The quantitative estimate of drug-likeness (QED) is 0.413. The maximum absolute atomic E-state index is 13.2. The maximum atomic E-state index is 13.2. The number of anilines is 1. The first-order chi connectivity index (χ1) is 16.0. The number of fused-ring (bicyclic) bond motifs is 1. The minimum atomic E-state index is -0.476. The van der Waals surface area contributed by atoms with E-state index in [0.717, 1.165) is 18.6 Å². The van der Waals surface area contributed by atoms with Crippen molar-refractivity contribution in [2.45, 2.75) is 32.4 Å². The topological polar surface area (TPSA) is 82.2 Å². The predicted octanol–water partition coefficient (Wildman–Crippen LogP) is 5.03. The fraction of sp³-hybridized carbons (Fsp3) is 0.208. The van der Waals surface area contributed by atoms with Crippen LogP contribution in [0.15, 0.2) is 59.3 Å². The highest BCUT2D eigenvalue weighted by molar-refractivity contribution is 6.31. The van der Waals surface area contributed by atoms with Gasteiger partial charge in [0.2, 0.25) is 5.95 Å². The SMILES string of the molecule is O=C(Nc1ncn(Cc2ccc(F)cc2Cl)n1)c1ccc(COc2ccc3c(c2)CCC3)o1. The Morgan fingerprint density at radius 3 is 2.91 bits per heavy atom. The molecule has 5 rings (SSSR count). The summed E-state index contributed by atoms with van der Waals surface area (Å²) in [4.78, 5) is 16.6. The summed E-state index contributed by atoms with van der Waals surface area (Å²) in [5.41, 5.74) is 3.40. The number of nitrogens with one attached hydrogen (secondary N) is 1. The molecule has 9 heteroatoms. The molecule has 1 aliphatic carbocycles. The molecule has 4 aromatic rings. The van der Waals surface area contributed by atoms with Crippen LogP contribution in [0.3, 0.4) is 0 Å². The number of carbonyl (C=O) groups excluding carboxylic acids is 1. The van der Waals surface area contributed by atoms with E-state index in [2.05, 4.69) is 27.5 Å². The molecule has 0 bridgehead atoms. The third-order valence-electron chi connectivity index (χ3n) is 5.45. The molecule has 0 saturated heterocycles. The van der Waals surface area contributed by atoms with Gasteiger partial charge in [0, 0.05) is 5.02 Å². The third-order valence-corrected chi connectivity index (χ3v) is 5.80. The smallest absolute Gasteiger partial charge is 0.293 e. The van der Waals surface area contributed by atoms with E-state index in [4.69, 9.17) is 20.8 Å². The molecule has 0 saturated carbocycles. The van der Waals surface area contributed by atoms with Crippen LogP contribution in [-0.2, 0) is 26.0 Å². The number of aryl methyl sites for hydroxylation is 2. The molecule has 0 radical (unpaired) electrons. The first-order valence-corrected chi connectivity index (χ1v) is 10.9. The second-order valence-corrected chi connectivity index (χ2v) is 8.20. The summed E-state index contributed by atoms with van der Waals surface area (Å²) in [7, 11) is 0. The molecule has 2 aromatic heterocycles. The van der Waals surface area contributed by atoms with Crippen molar-refractivity contribution in [3.63, 3.8) is 0 Å². The molecule has 7 nitrogen and oxygen atoms in total. The van der Waals surface area contributed by atoms with Gasteiger partial charge in [0.15, 0.2) is 5.76 Å². The second-order valence-electron chi connectivity index (χ2n) is 7.79. The Labute approximate surface area is 194 Å². The number of nitrogens with zero attached hydrogens (tertiary/aromatic N) is 3. The molecule has 0 aliphatic heterocycles. The van der Waals surface area contributed by atoms with Gasteiger partial charge in [0.25, 0.3) is 5.91 Å². The van der Waals surface area contributed by atoms with Crippen LogP contribution in [-0.4, -0.2) is 20.7 Å². The van der Waals surface area contributed by atoms with Gasteiger partial charge in [0.05, 0.1) is 6.54 Å². The average Bonchev–Trinajstić information content (AvgIpc) is 3.55. The number of carbonyl (C=O) groups is 1. The maximum Gasteiger partial charge on any atom is 0.293 e. The van der Waals surface area contributed by atoms with Crippen molar-refractivity contribution in [3.05, 3.63) is 93.9 Å². The molecule has 168 valence electrons. The number of ether oxygens (including phenoxy) is 1. The van der Waals surface area contributed by atoms with E-state index in [1.54, 1.807) is 18.2 Å². The number of halogens is 2. The summed E-state index contributed by atoms with van der Waals surface area (Å²) >= 11 is 6.05. The molecule has 0 unspecified atom stereocenters. The molecule has 2 aromatic carbocycles. The summed E-state index contributed by atoms with van der Waals surface area (Å²) in [6.07, 6.45) is 4.84. The number of benzene rings is 2. The van der Waals surface area contributed by atoms with Crippen molar-refractivity contribution in [3.8, 4) is 5.75 Å². The van der Waals surface area contributed by atoms with Gasteiger partial charge < -0.3 is 9.15 Å². The summed E-state index contributed by atoms with van der Waals surface area (Å²) in [6.45, 7) is 0.504. The molecule has 1 amide bonds. The molecule has 0 fully saturated rings. The fourth-order valence-corrected chi connectivity index (χ4v) is 4.01. The van der Waals surface area contributed by atoms with Crippen molar-refractivity contribution in [1.82, 2.24) is 14.8 Å². The highest BCUT2D eigenvalue weighted by atomic mass is 35.5. The van der Waals surface area contributed by atoms with Crippen LogP contribution in [0.5, 0.6) is 5.75 Å². The lowest BCUT2D eigenvalue weighted by Gasteiger charge is -2.06. The predicted molar refractivity (Wildman–Crippen MR) is 120 cm³/mol. The Bertz CT molecular complexity index is 1320. The lowest BCUT2D eigenvalue weighted by molar-refractivity contribution is 0.0991. The highest BCUT2D eigenvalue weighted by Gasteiger charge is 2.15. The van der Waals surface area contributed by atoms with Gasteiger partial charge in [-0.2, -0.15) is 0 Å². The van der Waals surface area contributed by atoms with Crippen LogP contribution in [0.2, 0.25) is 5.02 Å². The van der Waals surface area contributed by atoms with E-state index in [9.17, 15) is 9.18 Å². The number of hydrogen-bond acceptors (Lipinski definition) is 5. The summed E-state index contributed by atoms with van der Waals surface area (Å²) < 4.78 is 26.1. The lowest BCUT2D eigenvalue weighted by atomic mass is 10.1. The molecule has 1 N–H and O–H groups in total. The van der Waals surface area contributed by atoms with Crippen LogP contribution in [0, 0.1) is 5.82 Å². The van der Waals surface area contributed by atoms with E-state index in [1.807, 2.05) is 6.07 Å². The molecule has 1 aliphatic rings. The standard InChI is InChI=1S/C24H20ClFN4O3/c25-21-11-18(26)6-4-17(21)12-30-14-27-24(29-30)28-23(31)22-9-8-20(33-22)13-32-19-7-5-15-2-1-3-16(15)10-19/h4-11,14H,1-3,12-13H2,(H,28,29,31). The average molecular weight is 467 g/mol. The van der Waals surface area contributed by atoms with E-state index in [0.29, 0.717) is 16.3 Å². The van der Waals surface area contributed by atoms with Crippen LogP contribution >= 0.6 is 11.6 Å². The van der Waals surface area contributed by atoms with Gasteiger partial charge >= 0.3 is 0 Å². The Morgan fingerprint density at radius 2 is 2.03 bits per heavy atom. The molecular weight excluding hydrogens is 447 g/mol. The van der Waals surface area contributed by atoms with Crippen LogP contribution in [0.25, 0.3) is 0 Å². The zero-order chi connectivity index (χ0) is 22.8. The Balaban J connectivity index is 1.17. The number of amides is 1. The highest BCUT2D eigenvalue weighted by Crippen LogP contribution is 2.26. The molecule has 2 heterocycles. The van der Waals surface area contributed by atoms with Crippen LogP contribution < -0.4 is 10.1 Å². The summed E-state index contributed by atoms with van der Waals surface area (Å²) in [6, 6.07) is 13.5. The van der Waals surface area contributed by atoms with Gasteiger partial charge in [-0.15, -0.1) is 5.10 Å². The first kappa shape index (κ1) is 21.2. The van der Waals surface area contributed by atoms with Gasteiger partial charge in [0.1, 0.15) is 30.3 Å². The van der Waals surface area contributed by atoms with E-state index >= 15 is 0 Å². The van der Waals surface area contributed by atoms with E-state index in [1.165, 1.54) is 40.7 Å². The molecular formula is C24H20ClFN4O3. The van der Waals surface area contributed by atoms with Crippen molar-refractivity contribution < 1.29 is 18.3 Å². The van der Waals surface area contributed by atoms with Crippen molar-refractivity contribution in [1.29, 1.82) is 0 Å². The van der Waals surface area contributed by atoms with Crippen molar-refractivity contribution in [2.75, 3.05) is 5.32 Å². The number of rotatable bonds is 7. The van der Waals surface area contributed by atoms with Crippen molar-refractivity contribution in [2.24, 2.45) is 0 Å². The molecule has 0 spiro atoms. The van der Waals surface area contributed by atoms with Gasteiger partial charge in [-0.3, -0.25) is 10.1 Å². The fourth-order valence-electron chi connectivity index (χ4n) is 3.79. The Hall–Kier alpha value is -3.65. The number of furan rings is 1. The van der Waals surface area contributed by atoms with Gasteiger partial charge in [-0.1, -0.05) is 23.7 Å². The normalized spacial score (nSPS) is 12.5. The number of hydrogen-bond donors (Lipinski definition) is 1. The zero-order valence-electron chi connectivity index (χ0n) is 17.6. The second kappa shape index (κ2) is 9.07. The molecule has 0 atom stereocenters.